The molecule has 0 aliphatic carbocycles. The molecule has 0 aliphatic rings. The molecule has 5 nitrogen and oxygen atoms in total. The van der Waals surface area contributed by atoms with Crippen LogP contribution in [0.3, 0.4) is 0 Å². The summed E-state index contributed by atoms with van der Waals surface area (Å²) in [6.07, 6.45) is 2.69. The van der Waals surface area contributed by atoms with E-state index in [2.05, 4.69) is 0 Å². The third-order valence-electron chi connectivity index (χ3n) is 3.23. The van der Waals surface area contributed by atoms with Crippen molar-refractivity contribution in [2.75, 3.05) is 32.1 Å². The molecule has 0 saturated heterocycles. The molecule has 5 heteroatoms. The number of carboxylic acids is 1. The summed E-state index contributed by atoms with van der Waals surface area (Å²) in [6.45, 7) is 4.97. The number of nitrogens with zero attached hydrogens (tertiary/aromatic N) is 2. The maximum Gasteiger partial charge on any atom is 0.328 e. The fraction of sp³-hybridized carbons (Fsp3) is 0.375. The number of aryl methyl sites for hydroxylation is 1. The Kier molecular flexibility index (Phi) is 5.96. The minimum atomic E-state index is -0.967. The topological polar surface area (TPSA) is 60.9 Å². The zero-order chi connectivity index (χ0) is 16.0. The summed E-state index contributed by atoms with van der Waals surface area (Å²) in [5.41, 5.74) is 2.79. The van der Waals surface area contributed by atoms with Crippen LogP contribution in [-0.4, -0.2) is 49.1 Å². The van der Waals surface area contributed by atoms with E-state index in [1.54, 1.807) is 25.1 Å². The third kappa shape index (κ3) is 4.95. The van der Waals surface area contributed by atoms with Gasteiger partial charge < -0.3 is 14.9 Å². The first-order valence-electron chi connectivity index (χ1n) is 6.82. The molecule has 21 heavy (non-hydrogen) atoms. The van der Waals surface area contributed by atoms with Crippen molar-refractivity contribution in [1.29, 1.82) is 0 Å². The number of carbonyl (C=O) groups is 2. The number of amides is 1. The zero-order valence-electron chi connectivity index (χ0n) is 13.0. The predicted octanol–water partition coefficient (Wildman–Crippen LogP) is 2.01. The van der Waals surface area contributed by atoms with E-state index in [1.807, 2.05) is 36.9 Å². The van der Waals surface area contributed by atoms with Crippen LogP contribution in [-0.2, 0) is 9.59 Å². The first-order valence-corrected chi connectivity index (χ1v) is 6.82. The predicted molar refractivity (Wildman–Crippen MR) is 84.4 cm³/mol. The number of benzene rings is 1. The van der Waals surface area contributed by atoms with Crippen molar-refractivity contribution in [2.45, 2.75) is 13.8 Å². The number of carbonyl (C=O) groups excluding carboxylic acids is 1. The molecule has 0 bridgehead atoms. The Morgan fingerprint density at radius 3 is 2.43 bits per heavy atom. The quantitative estimate of drug-likeness (QED) is 0.814. The Morgan fingerprint density at radius 2 is 1.95 bits per heavy atom. The van der Waals surface area contributed by atoms with E-state index in [4.69, 9.17) is 5.11 Å². The van der Waals surface area contributed by atoms with Crippen LogP contribution in [0.1, 0.15) is 18.1 Å². The van der Waals surface area contributed by atoms with Gasteiger partial charge in [0.1, 0.15) is 0 Å². The first kappa shape index (κ1) is 16.8. The highest BCUT2D eigenvalue weighted by atomic mass is 16.4. The molecule has 0 saturated carbocycles. The van der Waals surface area contributed by atoms with Crippen molar-refractivity contribution < 1.29 is 14.7 Å². The van der Waals surface area contributed by atoms with Gasteiger partial charge in [-0.3, -0.25) is 4.79 Å². The second-order valence-electron chi connectivity index (χ2n) is 5.01. The van der Waals surface area contributed by atoms with E-state index < -0.39 is 5.97 Å². The number of rotatable bonds is 6. The molecule has 0 aliphatic heterocycles. The maximum absolute atomic E-state index is 11.8. The second-order valence-corrected chi connectivity index (χ2v) is 5.01. The van der Waals surface area contributed by atoms with Gasteiger partial charge in [0.05, 0.1) is 6.54 Å². The van der Waals surface area contributed by atoms with Crippen LogP contribution >= 0.6 is 0 Å². The lowest BCUT2D eigenvalue weighted by molar-refractivity contribution is -0.131. The van der Waals surface area contributed by atoms with E-state index >= 15 is 0 Å². The molecule has 1 rings (SSSR count). The van der Waals surface area contributed by atoms with Gasteiger partial charge in [0, 0.05) is 32.4 Å². The lowest BCUT2D eigenvalue weighted by Crippen LogP contribution is -2.36. The molecule has 0 heterocycles. The van der Waals surface area contributed by atoms with Gasteiger partial charge in [-0.25, -0.2) is 4.79 Å². The van der Waals surface area contributed by atoms with E-state index in [-0.39, 0.29) is 5.91 Å². The average Bonchev–Trinajstić information content (AvgIpc) is 2.42. The van der Waals surface area contributed by atoms with E-state index in [0.29, 0.717) is 6.54 Å². The lowest BCUT2D eigenvalue weighted by atomic mass is 10.1. The normalized spacial score (nSPS) is 10.7. The van der Waals surface area contributed by atoms with Gasteiger partial charge in [-0.2, -0.15) is 0 Å². The largest absolute Gasteiger partial charge is 0.478 e. The second kappa shape index (κ2) is 7.47. The number of hydrogen-bond acceptors (Lipinski definition) is 3. The van der Waals surface area contributed by atoms with E-state index in [0.717, 1.165) is 29.4 Å². The average molecular weight is 290 g/mol. The summed E-state index contributed by atoms with van der Waals surface area (Å²) in [5, 5.41) is 8.66. The summed E-state index contributed by atoms with van der Waals surface area (Å²) >= 11 is 0. The molecule has 0 spiro atoms. The summed E-state index contributed by atoms with van der Waals surface area (Å²) in [6, 6.07) is 5.74. The van der Waals surface area contributed by atoms with Crippen molar-refractivity contribution in [3.63, 3.8) is 0 Å². The lowest BCUT2D eigenvalue weighted by Gasteiger charge is -2.25. The van der Waals surface area contributed by atoms with Gasteiger partial charge in [-0.05, 0) is 43.2 Å². The summed E-state index contributed by atoms with van der Waals surface area (Å²) in [5.74, 6) is -0.922. The molecule has 0 atom stereocenters. The third-order valence-corrected chi connectivity index (χ3v) is 3.23. The molecular formula is C16H22N2O3. The molecule has 0 radical (unpaired) electrons. The van der Waals surface area contributed by atoms with Crippen molar-refractivity contribution in [3.8, 4) is 0 Å². The molecule has 114 valence electrons. The van der Waals surface area contributed by atoms with Crippen LogP contribution in [0.25, 0.3) is 6.08 Å². The molecule has 1 aromatic rings. The number of aliphatic carboxylic acids is 1. The molecule has 0 fully saturated rings. The number of carboxylic acid groups (broad SMARTS) is 1. The van der Waals surface area contributed by atoms with Crippen molar-refractivity contribution in [2.24, 2.45) is 0 Å². The summed E-state index contributed by atoms with van der Waals surface area (Å²) in [7, 11) is 3.47. The van der Waals surface area contributed by atoms with Gasteiger partial charge in [0.2, 0.25) is 5.91 Å². The standard InChI is InChI=1S/C16H22N2O3/c1-5-18(11-15(19)17(3)4)14-8-6-13(12(2)10-14)7-9-16(20)21/h6-10H,5,11H2,1-4H3,(H,20,21). The Hall–Kier alpha value is -2.30. The Balaban J connectivity index is 2.95. The van der Waals surface area contributed by atoms with Crippen LogP contribution in [0.15, 0.2) is 24.3 Å². The minimum absolute atomic E-state index is 0.0457. The molecule has 1 N–H and O–H groups in total. The minimum Gasteiger partial charge on any atom is -0.478 e. The molecule has 0 aromatic heterocycles. The van der Waals surface area contributed by atoms with Gasteiger partial charge in [-0.1, -0.05) is 6.07 Å². The molecule has 1 amide bonds. The van der Waals surface area contributed by atoms with Gasteiger partial charge in [0.15, 0.2) is 0 Å². The monoisotopic (exact) mass is 290 g/mol. The van der Waals surface area contributed by atoms with Crippen molar-refractivity contribution in [3.05, 3.63) is 35.4 Å². The number of hydrogen-bond donors (Lipinski definition) is 1. The number of likely N-dealkylation sites (N-methyl/N-ethyl adjacent to an activating group) is 2. The van der Waals surface area contributed by atoms with Crippen LogP contribution in [0, 0.1) is 6.92 Å². The van der Waals surface area contributed by atoms with E-state index in [1.165, 1.54) is 0 Å². The van der Waals surface area contributed by atoms with Crippen LogP contribution in [0.2, 0.25) is 0 Å². The number of anilines is 1. The Morgan fingerprint density at radius 1 is 1.29 bits per heavy atom. The highest BCUT2D eigenvalue weighted by molar-refractivity contribution is 5.86. The van der Waals surface area contributed by atoms with Gasteiger partial charge >= 0.3 is 5.97 Å². The molecular weight excluding hydrogens is 268 g/mol. The van der Waals surface area contributed by atoms with Crippen LogP contribution in [0.4, 0.5) is 5.69 Å². The summed E-state index contributed by atoms with van der Waals surface area (Å²) < 4.78 is 0. The van der Waals surface area contributed by atoms with Crippen LogP contribution in [0.5, 0.6) is 0 Å². The fourth-order valence-corrected chi connectivity index (χ4v) is 1.90. The molecule has 1 aromatic carbocycles. The molecule has 0 unspecified atom stereocenters. The highest BCUT2D eigenvalue weighted by Crippen LogP contribution is 2.20. The van der Waals surface area contributed by atoms with Crippen molar-refractivity contribution in [1.82, 2.24) is 4.90 Å². The van der Waals surface area contributed by atoms with Gasteiger partial charge in [-0.15, -0.1) is 0 Å². The fourth-order valence-electron chi connectivity index (χ4n) is 1.90. The maximum atomic E-state index is 11.8. The van der Waals surface area contributed by atoms with Gasteiger partial charge in [0.25, 0.3) is 0 Å². The zero-order valence-corrected chi connectivity index (χ0v) is 13.0. The highest BCUT2D eigenvalue weighted by Gasteiger charge is 2.12. The van der Waals surface area contributed by atoms with Crippen molar-refractivity contribution >= 4 is 23.6 Å². The Labute approximate surface area is 125 Å². The van der Waals surface area contributed by atoms with E-state index in [9.17, 15) is 9.59 Å². The van der Waals surface area contributed by atoms with Crippen LogP contribution < -0.4 is 4.90 Å². The first-order chi connectivity index (χ1) is 9.85. The Bertz CT molecular complexity index is 550. The smallest absolute Gasteiger partial charge is 0.328 e. The SMILES string of the molecule is CCN(CC(=O)N(C)C)c1ccc(C=CC(=O)O)c(C)c1. The summed E-state index contributed by atoms with van der Waals surface area (Å²) in [4.78, 5) is 25.9.